The molecule has 1 rings (SSSR count). The molecule has 1 unspecified atom stereocenters. The lowest BCUT2D eigenvalue weighted by Crippen LogP contribution is -2.27. The van der Waals surface area contributed by atoms with E-state index < -0.39 is 0 Å². The van der Waals surface area contributed by atoms with Crippen molar-refractivity contribution in [2.45, 2.75) is 53.0 Å². The van der Waals surface area contributed by atoms with Gasteiger partial charge in [0.15, 0.2) is 0 Å². The summed E-state index contributed by atoms with van der Waals surface area (Å²) in [6.07, 6.45) is 2.58. The second kappa shape index (κ2) is 7.26. The molecule has 0 aromatic carbocycles. The molecule has 18 heavy (non-hydrogen) atoms. The van der Waals surface area contributed by atoms with E-state index in [1.807, 2.05) is 6.92 Å². The molecule has 1 aromatic rings. The summed E-state index contributed by atoms with van der Waals surface area (Å²) in [6, 6.07) is -0.0102. The number of hydrogen-bond donors (Lipinski definition) is 2. The number of nitrogens with one attached hydrogen (secondary N) is 1. The highest BCUT2D eigenvalue weighted by Gasteiger charge is 2.12. The van der Waals surface area contributed by atoms with E-state index in [2.05, 4.69) is 41.3 Å². The van der Waals surface area contributed by atoms with Crippen LogP contribution in [-0.2, 0) is 12.8 Å². The van der Waals surface area contributed by atoms with Crippen LogP contribution in [0, 0.1) is 5.92 Å². The lowest BCUT2D eigenvalue weighted by molar-refractivity contribution is 0.258. The van der Waals surface area contributed by atoms with E-state index in [-0.39, 0.29) is 12.6 Å². The Labute approximate surface area is 109 Å². The predicted molar refractivity (Wildman–Crippen MR) is 72.5 cm³/mol. The highest BCUT2D eigenvalue weighted by atomic mass is 16.3. The molecule has 0 amide bonds. The van der Waals surface area contributed by atoms with Crippen LogP contribution in [0.1, 0.15) is 45.5 Å². The summed E-state index contributed by atoms with van der Waals surface area (Å²) in [5.41, 5.74) is 1.93. The van der Waals surface area contributed by atoms with Crippen LogP contribution in [0.15, 0.2) is 0 Å². The van der Waals surface area contributed by atoms with E-state index in [1.165, 1.54) is 0 Å². The standard InChI is InChI=1S/C13H24N4O/c1-5-11-12(6-2)16-17-13(15-11)14-10(8-18)7-9(3)4/h9-10,18H,5-8H2,1-4H3,(H,14,15,17). The Balaban J connectivity index is 2.77. The van der Waals surface area contributed by atoms with E-state index in [4.69, 9.17) is 0 Å². The molecule has 0 saturated carbocycles. The topological polar surface area (TPSA) is 70.9 Å². The molecule has 1 heterocycles. The maximum Gasteiger partial charge on any atom is 0.243 e. The van der Waals surface area contributed by atoms with Gasteiger partial charge in [-0.2, -0.15) is 5.10 Å². The van der Waals surface area contributed by atoms with Crippen molar-refractivity contribution in [3.63, 3.8) is 0 Å². The van der Waals surface area contributed by atoms with Crippen LogP contribution in [0.5, 0.6) is 0 Å². The van der Waals surface area contributed by atoms with Crippen molar-refractivity contribution in [1.29, 1.82) is 0 Å². The molecule has 2 N–H and O–H groups in total. The zero-order valence-electron chi connectivity index (χ0n) is 11.8. The second-order valence-corrected chi connectivity index (χ2v) is 4.89. The molecule has 0 aliphatic heterocycles. The minimum Gasteiger partial charge on any atom is -0.394 e. The zero-order valence-corrected chi connectivity index (χ0v) is 11.8. The number of aliphatic hydroxyl groups is 1. The number of aliphatic hydroxyl groups excluding tert-OH is 1. The molecule has 0 fully saturated rings. The van der Waals surface area contributed by atoms with Gasteiger partial charge in [-0.05, 0) is 25.2 Å². The number of aryl methyl sites for hydroxylation is 2. The third kappa shape index (κ3) is 4.22. The number of aromatic nitrogens is 3. The van der Waals surface area contributed by atoms with Gasteiger partial charge in [0.05, 0.1) is 24.0 Å². The molecule has 0 spiro atoms. The van der Waals surface area contributed by atoms with E-state index in [1.54, 1.807) is 0 Å². The molecule has 5 nitrogen and oxygen atoms in total. The molecule has 1 atom stereocenters. The van der Waals surface area contributed by atoms with Crippen molar-refractivity contribution in [2.24, 2.45) is 5.92 Å². The number of nitrogens with zero attached hydrogens (tertiary/aromatic N) is 3. The van der Waals surface area contributed by atoms with Crippen LogP contribution >= 0.6 is 0 Å². The molecular weight excluding hydrogens is 228 g/mol. The largest absolute Gasteiger partial charge is 0.394 e. The third-order valence-electron chi connectivity index (χ3n) is 2.82. The van der Waals surface area contributed by atoms with Gasteiger partial charge in [0.25, 0.3) is 0 Å². The van der Waals surface area contributed by atoms with Gasteiger partial charge >= 0.3 is 0 Å². The summed E-state index contributed by atoms with van der Waals surface area (Å²) in [6.45, 7) is 8.44. The van der Waals surface area contributed by atoms with Gasteiger partial charge in [-0.1, -0.05) is 27.7 Å². The van der Waals surface area contributed by atoms with Crippen molar-refractivity contribution in [2.75, 3.05) is 11.9 Å². The maximum atomic E-state index is 9.33. The zero-order chi connectivity index (χ0) is 13.5. The number of rotatable bonds is 7. The minimum absolute atomic E-state index is 0.0102. The van der Waals surface area contributed by atoms with Crippen LogP contribution in [0.3, 0.4) is 0 Å². The summed E-state index contributed by atoms with van der Waals surface area (Å²) in [4.78, 5) is 4.46. The SMILES string of the molecule is CCc1nnc(NC(CO)CC(C)C)nc1CC. The van der Waals surface area contributed by atoms with Crippen molar-refractivity contribution < 1.29 is 5.11 Å². The Bertz CT molecular complexity index is 368. The van der Waals surface area contributed by atoms with E-state index in [9.17, 15) is 5.11 Å². The van der Waals surface area contributed by atoms with Crippen LogP contribution in [0.2, 0.25) is 0 Å². The van der Waals surface area contributed by atoms with Crippen LogP contribution < -0.4 is 5.32 Å². The van der Waals surface area contributed by atoms with E-state index >= 15 is 0 Å². The highest BCUT2D eigenvalue weighted by molar-refractivity contribution is 5.27. The molecule has 0 aliphatic carbocycles. The molecule has 0 aliphatic rings. The molecule has 102 valence electrons. The Hall–Kier alpha value is -1.23. The first-order valence-corrected chi connectivity index (χ1v) is 6.70. The first kappa shape index (κ1) is 14.8. The fourth-order valence-corrected chi connectivity index (χ4v) is 1.93. The Kier molecular flexibility index (Phi) is 5.98. The number of hydrogen-bond acceptors (Lipinski definition) is 5. The average molecular weight is 252 g/mol. The fourth-order valence-electron chi connectivity index (χ4n) is 1.93. The molecule has 1 aromatic heterocycles. The van der Waals surface area contributed by atoms with Crippen molar-refractivity contribution in [3.8, 4) is 0 Å². The van der Waals surface area contributed by atoms with Gasteiger partial charge in [-0.25, -0.2) is 4.98 Å². The third-order valence-corrected chi connectivity index (χ3v) is 2.82. The summed E-state index contributed by atoms with van der Waals surface area (Å²) >= 11 is 0. The Morgan fingerprint density at radius 2 is 1.78 bits per heavy atom. The van der Waals surface area contributed by atoms with Crippen molar-refractivity contribution >= 4 is 5.95 Å². The Morgan fingerprint density at radius 3 is 2.28 bits per heavy atom. The highest BCUT2D eigenvalue weighted by Crippen LogP contribution is 2.11. The van der Waals surface area contributed by atoms with Gasteiger partial charge < -0.3 is 10.4 Å². The summed E-state index contributed by atoms with van der Waals surface area (Å²) < 4.78 is 0. The normalized spacial score (nSPS) is 12.8. The molecule has 0 saturated heterocycles. The summed E-state index contributed by atoms with van der Waals surface area (Å²) in [5, 5.41) is 20.7. The average Bonchev–Trinajstić information content (AvgIpc) is 2.37. The van der Waals surface area contributed by atoms with Gasteiger partial charge in [0.2, 0.25) is 5.95 Å². The lowest BCUT2D eigenvalue weighted by Gasteiger charge is -2.18. The minimum atomic E-state index is -0.0102. The maximum absolute atomic E-state index is 9.33. The van der Waals surface area contributed by atoms with Gasteiger partial charge in [0.1, 0.15) is 0 Å². The summed E-state index contributed by atoms with van der Waals surface area (Å²) in [5.74, 6) is 1.03. The molecule has 0 bridgehead atoms. The van der Waals surface area contributed by atoms with E-state index in [0.29, 0.717) is 11.9 Å². The fraction of sp³-hybridized carbons (Fsp3) is 0.769. The van der Waals surface area contributed by atoms with Crippen molar-refractivity contribution in [3.05, 3.63) is 11.4 Å². The molecule has 5 heteroatoms. The van der Waals surface area contributed by atoms with Crippen LogP contribution in [0.4, 0.5) is 5.95 Å². The first-order valence-electron chi connectivity index (χ1n) is 6.70. The molecular formula is C13H24N4O. The Morgan fingerprint density at radius 1 is 1.11 bits per heavy atom. The second-order valence-electron chi connectivity index (χ2n) is 4.89. The quantitative estimate of drug-likeness (QED) is 0.774. The lowest BCUT2D eigenvalue weighted by atomic mass is 10.0. The van der Waals surface area contributed by atoms with Gasteiger partial charge in [-0.15, -0.1) is 5.10 Å². The van der Waals surface area contributed by atoms with Gasteiger partial charge in [-0.3, -0.25) is 0 Å². The molecule has 0 radical (unpaired) electrons. The van der Waals surface area contributed by atoms with Crippen molar-refractivity contribution in [1.82, 2.24) is 15.2 Å². The first-order chi connectivity index (χ1) is 8.60. The van der Waals surface area contributed by atoms with E-state index in [0.717, 1.165) is 30.7 Å². The van der Waals surface area contributed by atoms with Gasteiger partial charge in [0, 0.05) is 0 Å². The number of anilines is 1. The monoisotopic (exact) mass is 252 g/mol. The predicted octanol–water partition coefficient (Wildman–Crippen LogP) is 1.82. The van der Waals surface area contributed by atoms with Crippen LogP contribution in [-0.4, -0.2) is 32.9 Å². The smallest absolute Gasteiger partial charge is 0.243 e. The summed E-state index contributed by atoms with van der Waals surface area (Å²) in [7, 11) is 0. The van der Waals surface area contributed by atoms with Crippen LogP contribution in [0.25, 0.3) is 0 Å².